The number of benzene rings is 9. The molecular weight excluding hydrogens is 713 g/mol. The molecule has 3 aliphatic carbocycles. The Bertz CT molecular complexity index is 2960. The second-order valence-corrected chi connectivity index (χ2v) is 16.0. The smallest absolute Gasteiger partial charge is 0.0540 e. The summed E-state index contributed by atoms with van der Waals surface area (Å²) in [6.45, 7) is 0. The molecule has 2 atom stereocenters. The van der Waals surface area contributed by atoms with Crippen LogP contribution in [0.15, 0.2) is 231 Å². The molecule has 59 heavy (non-hydrogen) atoms. The van der Waals surface area contributed by atoms with Crippen LogP contribution in [0.5, 0.6) is 0 Å². The average Bonchev–Trinajstić information content (AvgIpc) is 3.77. The van der Waals surface area contributed by atoms with Crippen LogP contribution in [0.1, 0.15) is 28.2 Å². The van der Waals surface area contributed by atoms with E-state index in [1.165, 1.54) is 66.3 Å². The highest BCUT2D eigenvalue weighted by molar-refractivity contribution is 6.01. The molecule has 0 saturated carbocycles. The summed E-state index contributed by atoms with van der Waals surface area (Å²) in [5.74, 6) is 0.453. The van der Waals surface area contributed by atoms with Crippen molar-refractivity contribution in [2.45, 2.75) is 11.3 Å². The average molecular weight is 753 g/mol. The Hall–Kier alpha value is -7.42. The van der Waals surface area contributed by atoms with Gasteiger partial charge in [-0.25, -0.2) is 0 Å². The van der Waals surface area contributed by atoms with Crippen LogP contribution in [0, 0.1) is 5.92 Å². The van der Waals surface area contributed by atoms with E-state index >= 15 is 0 Å². The van der Waals surface area contributed by atoms with E-state index in [1.54, 1.807) is 0 Å². The highest BCUT2D eigenvalue weighted by atomic mass is 15.1. The van der Waals surface area contributed by atoms with Gasteiger partial charge in [0.05, 0.1) is 16.8 Å². The number of rotatable bonds is 6. The molecule has 0 saturated heterocycles. The van der Waals surface area contributed by atoms with Crippen molar-refractivity contribution in [3.63, 3.8) is 0 Å². The van der Waals surface area contributed by atoms with Crippen LogP contribution in [0.2, 0.25) is 0 Å². The summed E-state index contributed by atoms with van der Waals surface area (Å²) in [5.41, 5.74) is 14.6. The largest absolute Gasteiger partial charge is 0.310 e. The van der Waals surface area contributed by atoms with Gasteiger partial charge in [-0.2, -0.15) is 0 Å². The lowest BCUT2D eigenvalue weighted by Gasteiger charge is -2.37. The van der Waals surface area contributed by atoms with Gasteiger partial charge in [0.2, 0.25) is 0 Å². The molecular formula is C57H40N2. The van der Waals surface area contributed by atoms with Crippen molar-refractivity contribution in [3.05, 3.63) is 253 Å². The predicted octanol–water partition coefficient (Wildman–Crippen LogP) is 15.1. The van der Waals surface area contributed by atoms with Crippen LogP contribution < -0.4 is 9.80 Å². The topological polar surface area (TPSA) is 6.48 Å². The molecule has 0 radical (unpaired) electrons. The minimum Gasteiger partial charge on any atom is -0.310 e. The van der Waals surface area contributed by atoms with Crippen LogP contribution in [-0.2, 0) is 5.41 Å². The molecule has 0 fully saturated rings. The SMILES string of the molecule is C1=CC2c3ccccc3C3(c4cc(N(c5ccccc5)c5cccc6ccccc56)ccc4-c4ccc(N(c5ccccc5)c5cccc6ccccc56)cc43)C2C=C1. The first-order chi connectivity index (χ1) is 29.3. The molecule has 0 aromatic heterocycles. The molecule has 0 aliphatic heterocycles. The summed E-state index contributed by atoms with van der Waals surface area (Å²) in [5, 5.41) is 4.90. The zero-order valence-corrected chi connectivity index (χ0v) is 32.5. The molecule has 9 aromatic rings. The standard InChI is InChI=1S/C57H40N2/c1-3-21-41(22-4-1)58(55-31-15-19-39-17-7-9-25-45(39)55)43-33-35-49-50-36-34-44(59(42-23-5-2-6-24-42)56-32-16-20-40-18-8-10-26-46(40)56)38-54(50)57(53(49)37-43)51-29-13-11-27-47(51)48-28-12-14-30-52(48)57/h1-38,47,51H. The minimum absolute atomic E-state index is 0.195. The quantitative estimate of drug-likeness (QED) is 0.167. The first kappa shape index (κ1) is 33.7. The summed E-state index contributed by atoms with van der Waals surface area (Å²) in [6.07, 6.45) is 9.44. The molecule has 0 N–H and O–H groups in total. The maximum Gasteiger partial charge on any atom is 0.0540 e. The van der Waals surface area contributed by atoms with Crippen molar-refractivity contribution in [1.29, 1.82) is 0 Å². The second-order valence-electron chi connectivity index (χ2n) is 16.0. The molecule has 278 valence electrons. The van der Waals surface area contributed by atoms with Gasteiger partial charge in [-0.15, -0.1) is 0 Å². The molecule has 2 heteroatoms. The van der Waals surface area contributed by atoms with Gasteiger partial charge in [0.15, 0.2) is 0 Å². The summed E-state index contributed by atoms with van der Waals surface area (Å²) in [6, 6.07) is 76.3. The zero-order valence-electron chi connectivity index (χ0n) is 32.5. The van der Waals surface area contributed by atoms with E-state index in [0.29, 0.717) is 0 Å². The van der Waals surface area contributed by atoms with Gasteiger partial charge in [0, 0.05) is 45.4 Å². The van der Waals surface area contributed by atoms with E-state index in [1.807, 2.05) is 0 Å². The van der Waals surface area contributed by atoms with Gasteiger partial charge in [-0.3, -0.25) is 0 Å². The first-order valence-electron chi connectivity index (χ1n) is 20.7. The van der Waals surface area contributed by atoms with E-state index in [-0.39, 0.29) is 11.8 Å². The van der Waals surface area contributed by atoms with Crippen molar-refractivity contribution in [1.82, 2.24) is 0 Å². The van der Waals surface area contributed by atoms with Crippen LogP contribution in [0.3, 0.4) is 0 Å². The molecule has 9 aromatic carbocycles. The van der Waals surface area contributed by atoms with E-state index in [0.717, 1.165) is 22.7 Å². The Morgan fingerprint density at radius 2 is 0.831 bits per heavy atom. The molecule has 2 unspecified atom stereocenters. The third-order valence-electron chi connectivity index (χ3n) is 13.1. The lowest BCUT2D eigenvalue weighted by Crippen LogP contribution is -2.33. The lowest BCUT2D eigenvalue weighted by molar-refractivity contribution is 0.465. The molecule has 12 rings (SSSR count). The van der Waals surface area contributed by atoms with Gasteiger partial charge in [-0.05, 0) is 105 Å². The Morgan fingerprint density at radius 1 is 0.356 bits per heavy atom. The Labute approximate surface area is 345 Å². The summed E-state index contributed by atoms with van der Waals surface area (Å²) < 4.78 is 0. The maximum absolute atomic E-state index is 2.52. The van der Waals surface area contributed by atoms with Crippen LogP contribution in [0.25, 0.3) is 32.7 Å². The van der Waals surface area contributed by atoms with Crippen LogP contribution in [0.4, 0.5) is 34.1 Å². The molecule has 2 nitrogen and oxygen atoms in total. The third kappa shape index (κ3) is 5.00. The molecule has 0 heterocycles. The summed E-state index contributed by atoms with van der Waals surface area (Å²) in [7, 11) is 0. The number of fused-ring (bicyclic) bond motifs is 12. The van der Waals surface area contributed by atoms with Crippen molar-refractivity contribution in [2.24, 2.45) is 5.92 Å². The predicted molar refractivity (Wildman–Crippen MR) is 247 cm³/mol. The van der Waals surface area contributed by atoms with Crippen LogP contribution >= 0.6 is 0 Å². The Balaban J connectivity index is 1.13. The minimum atomic E-state index is -0.429. The summed E-state index contributed by atoms with van der Waals surface area (Å²) in [4.78, 5) is 4.91. The van der Waals surface area contributed by atoms with Crippen molar-refractivity contribution < 1.29 is 0 Å². The summed E-state index contributed by atoms with van der Waals surface area (Å²) >= 11 is 0. The monoisotopic (exact) mass is 752 g/mol. The van der Waals surface area contributed by atoms with Crippen molar-refractivity contribution in [3.8, 4) is 11.1 Å². The number of allylic oxidation sites excluding steroid dienone is 4. The third-order valence-corrected chi connectivity index (χ3v) is 13.1. The van der Waals surface area contributed by atoms with Gasteiger partial charge < -0.3 is 9.80 Å². The zero-order chi connectivity index (χ0) is 38.9. The number of hydrogen-bond donors (Lipinski definition) is 0. The number of para-hydroxylation sites is 2. The highest BCUT2D eigenvalue weighted by Gasteiger charge is 2.57. The Kier molecular flexibility index (Phi) is 7.61. The molecule has 3 aliphatic rings. The van der Waals surface area contributed by atoms with E-state index in [4.69, 9.17) is 0 Å². The van der Waals surface area contributed by atoms with E-state index < -0.39 is 5.41 Å². The van der Waals surface area contributed by atoms with Crippen molar-refractivity contribution >= 4 is 55.7 Å². The fourth-order valence-corrected chi connectivity index (χ4v) is 10.7. The van der Waals surface area contributed by atoms with Gasteiger partial charge in [0.1, 0.15) is 0 Å². The second kappa shape index (κ2) is 13.3. The fourth-order valence-electron chi connectivity index (χ4n) is 10.7. The normalized spacial score (nSPS) is 16.5. The molecule has 1 spiro atoms. The molecule has 0 amide bonds. The highest BCUT2D eigenvalue weighted by Crippen LogP contribution is 2.66. The Morgan fingerprint density at radius 3 is 1.41 bits per heavy atom. The number of anilines is 6. The van der Waals surface area contributed by atoms with E-state index in [9.17, 15) is 0 Å². The number of hydrogen-bond acceptors (Lipinski definition) is 2. The maximum atomic E-state index is 2.52. The first-order valence-corrected chi connectivity index (χ1v) is 20.7. The lowest BCUT2D eigenvalue weighted by atomic mass is 9.65. The number of nitrogens with zero attached hydrogens (tertiary/aromatic N) is 2. The van der Waals surface area contributed by atoms with Crippen molar-refractivity contribution in [2.75, 3.05) is 9.80 Å². The van der Waals surface area contributed by atoms with E-state index in [2.05, 4.69) is 240 Å². The van der Waals surface area contributed by atoms with Gasteiger partial charge in [-0.1, -0.05) is 170 Å². The van der Waals surface area contributed by atoms with Gasteiger partial charge >= 0.3 is 0 Å². The molecule has 0 bridgehead atoms. The fraction of sp³-hybridized carbons (Fsp3) is 0.0526. The van der Waals surface area contributed by atoms with Gasteiger partial charge in [0.25, 0.3) is 0 Å². The van der Waals surface area contributed by atoms with Crippen LogP contribution in [-0.4, -0.2) is 0 Å².